The molecule has 0 bridgehead atoms. The molecule has 0 aliphatic carbocycles. The van der Waals surface area contributed by atoms with Crippen LogP contribution in [0.2, 0.25) is 0 Å². The maximum absolute atomic E-state index is 14.0. The van der Waals surface area contributed by atoms with Gasteiger partial charge < -0.3 is 19.7 Å². The highest BCUT2D eigenvalue weighted by Gasteiger charge is 2.33. The van der Waals surface area contributed by atoms with Gasteiger partial charge in [-0.25, -0.2) is 8.42 Å². The lowest BCUT2D eigenvalue weighted by atomic mass is 10.1. The predicted molar refractivity (Wildman–Crippen MR) is 160 cm³/mol. The van der Waals surface area contributed by atoms with Crippen LogP contribution in [0.1, 0.15) is 37.8 Å². The number of carbonyl (C=O) groups excluding carboxylic acids is 2. The van der Waals surface area contributed by atoms with E-state index in [1.54, 1.807) is 37.3 Å². The maximum Gasteiger partial charge on any atom is 0.264 e. The number of ether oxygens (including phenoxy) is 2. The van der Waals surface area contributed by atoms with Crippen LogP contribution in [0.4, 0.5) is 5.69 Å². The van der Waals surface area contributed by atoms with Crippen molar-refractivity contribution in [3.63, 3.8) is 0 Å². The molecule has 1 N–H and O–H groups in total. The van der Waals surface area contributed by atoms with Crippen LogP contribution in [0.15, 0.2) is 77.7 Å². The summed E-state index contributed by atoms with van der Waals surface area (Å²) in [5.41, 5.74) is 2.10. The lowest BCUT2D eigenvalue weighted by Gasteiger charge is -2.32. The van der Waals surface area contributed by atoms with Gasteiger partial charge in [0.15, 0.2) is 11.5 Å². The summed E-state index contributed by atoms with van der Waals surface area (Å²) in [6.07, 6.45) is 1.73. The van der Waals surface area contributed by atoms with Gasteiger partial charge in [-0.2, -0.15) is 0 Å². The Balaban J connectivity index is 2.04. The molecule has 9 nitrogen and oxygen atoms in total. The van der Waals surface area contributed by atoms with Crippen molar-refractivity contribution in [1.29, 1.82) is 0 Å². The minimum absolute atomic E-state index is 0.0260. The number of amides is 2. The van der Waals surface area contributed by atoms with Crippen LogP contribution in [0, 0.1) is 6.92 Å². The number of anilines is 1. The molecule has 1 atom stereocenters. The zero-order valence-electron chi connectivity index (χ0n) is 24.3. The van der Waals surface area contributed by atoms with E-state index < -0.39 is 28.5 Å². The first-order valence-corrected chi connectivity index (χ1v) is 15.0. The second-order valence-corrected chi connectivity index (χ2v) is 11.6. The first-order valence-electron chi connectivity index (χ1n) is 13.5. The summed E-state index contributed by atoms with van der Waals surface area (Å²) in [5.74, 6) is -0.107. The third-order valence-corrected chi connectivity index (χ3v) is 8.52. The lowest BCUT2D eigenvalue weighted by molar-refractivity contribution is -0.139. The number of carbonyl (C=O) groups is 2. The van der Waals surface area contributed by atoms with E-state index in [1.165, 1.54) is 37.3 Å². The van der Waals surface area contributed by atoms with Gasteiger partial charge in [-0.3, -0.25) is 13.9 Å². The molecule has 0 aliphatic heterocycles. The average Bonchev–Trinajstić information content (AvgIpc) is 2.99. The first kappa shape index (κ1) is 31.5. The van der Waals surface area contributed by atoms with Crippen LogP contribution in [-0.2, 0) is 26.2 Å². The minimum atomic E-state index is -4.18. The normalized spacial score (nSPS) is 11.8. The molecule has 2 amide bonds. The summed E-state index contributed by atoms with van der Waals surface area (Å²) < 4.78 is 39.6. The number of sulfonamides is 1. The van der Waals surface area contributed by atoms with E-state index in [2.05, 4.69) is 5.32 Å². The molecule has 0 spiro atoms. The highest BCUT2D eigenvalue weighted by atomic mass is 32.2. The summed E-state index contributed by atoms with van der Waals surface area (Å²) in [7, 11) is -1.25. The van der Waals surface area contributed by atoms with Gasteiger partial charge in [0, 0.05) is 19.2 Å². The fraction of sp³-hybridized carbons (Fsp3) is 0.355. The van der Waals surface area contributed by atoms with Crippen LogP contribution in [-0.4, -0.2) is 58.5 Å². The number of nitrogens with one attached hydrogen (secondary N) is 1. The maximum atomic E-state index is 14.0. The van der Waals surface area contributed by atoms with E-state index in [4.69, 9.17) is 9.47 Å². The second kappa shape index (κ2) is 14.5. The Morgan fingerprint density at radius 2 is 1.59 bits per heavy atom. The molecule has 0 radical (unpaired) electrons. The molecule has 0 saturated heterocycles. The molecule has 0 aromatic heterocycles. The van der Waals surface area contributed by atoms with Gasteiger partial charge in [0.25, 0.3) is 10.0 Å². The lowest BCUT2D eigenvalue weighted by Crippen LogP contribution is -2.51. The minimum Gasteiger partial charge on any atom is -0.493 e. The van der Waals surface area contributed by atoms with Crippen molar-refractivity contribution in [2.24, 2.45) is 0 Å². The zero-order chi connectivity index (χ0) is 30.0. The molecule has 3 aromatic carbocycles. The number of aryl methyl sites for hydroxylation is 1. The van der Waals surface area contributed by atoms with Crippen molar-refractivity contribution in [2.75, 3.05) is 31.6 Å². The van der Waals surface area contributed by atoms with Gasteiger partial charge in [-0.05, 0) is 50.1 Å². The molecule has 0 saturated carbocycles. The summed E-state index contributed by atoms with van der Waals surface area (Å²) >= 11 is 0. The third-order valence-electron chi connectivity index (χ3n) is 6.74. The molecule has 41 heavy (non-hydrogen) atoms. The van der Waals surface area contributed by atoms with E-state index >= 15 is 0 Å². The van der Waals surface area contributed by atoms with Crippen LogP contribution in [0.25, 0.3) is 0 Å². The molecular formula is C31H39N3O6S. The second-order valence-electron chi connectivity index (χ2n) is 9.69. The van der Waals surface area contributed by atoms with Crippen molar-refractivity contribution in [1.82, 2.24) is 10.2 Å². The van der Waals surface area contributed by atoms with Crippen LogP contribution in [0.3, 0.4) is 0 Å². The molecule has 3 aromatic rings. The Morgan fingerprint density at radius 1 is 0.927 bits per heavy atom. The smallest absolute Gasteiger partial charge is 0.264 e. The van der Waals surface area contributed by atoms with Crippen LogP contribution >= 0.6 is 0 Å². The van der Waals surface area contributed by atoms with Crippen molar-refractivity contribution in [3.8, 4) is 11.5 Å². The molecule has 220 valence electrons. The largest absolute Gasteiger partial charge is 0.493 e. The molecule has 0 fully saturated rings. The Kier molecular flexibility index (Phi) is 11.2. The molecule has 0 unspecified atom stereocenters. The van der Waals surface area contributed by atoms with Crippen molar-refractivity contribution in [3.05, 3.63) is 83.9 Å². The Bertz CT molecular complexity index is 1410. The molecule has 0 heterocycles. The summed E-state index contributed by atoms with van der Waals surface area (Å²) in [5, 5.41) is 2.89. The van der Waals surface area contributed by atoms with Crippen molar-refractivity contribution in [2.45, 2.75) is 51.1 Å². The van der Waals surface area contributed by atoms with Gasteiger partial charge in [0.1, 0.15) is 12.6 Å². The quantitative estimate of drug-likeness (QED) is 0.280. The number of rotatable bonds is 14. The van der Waals surface area contributed by atoms with E-state index in [1.807, 2.05) is 38.1 Å². The third kappa shape index (κ3) is 8.00. The highest BCUT2D eigenvalue weighted by molar-refractivity contribution is 7.92. The van der Waals surface area contributed by atoms with Crippen LogP contribution in [0.5, 0.6) is 11.5 Å². The van der Waals surface area contributed by atoms with E-state index in [0.29, 0.717) is 18.0 Å². The monoisotopic (exact) mass is 581 g/mol. The number of methoxy groups -OCH3 is 2. The van der Waals surface area contributed by atoms with E-state index in [-0.39, 0.29) is 23.0 Å². The zero-order valence-corrected chi connectivity index (χ0v) is 25.1. The topological polar surface area (TPSA) is 105 Å². The Hall–Kier alpha value is -4.05. The van der Waals surface area contributed by atoms with Gasteiger partial charge in [0.2, 0.25) is 11.8 Å². The highest BCUT2D eigenvalue weighted by Crippen LogP contribution is 2.34. The van der Waals surface area contributed by atoms with Crippen molar-refractivity contribution < 1.29 is 27.5 Å². The number of benzene rings is 3. The van der Waals surface area contributed by atoms with Gasteiger partial charge in [-0.15, -0.1) is 0 Å². The number of nitrogens with zero attached hydrogens (tertiary/aromatic N) is 2. The van der Waals surface area contributed by atoms with Gasteiger partial charge in [-0.1, -0.05) is 61.4 Å². The van der Waals surface area contributed by atoms with Crippen LogP contribution < -0.4 is 19.1 Å². The summed E-state index contributed by atoms with van der Waals surface area (Å²) in [4.78, 5) is 28.5. The fourth-order valence-electron chi connectivity index (χ4n) is 4.24. The Morgan fingerprint density at radius 3 is 2.20 bits per heavy atom. The summed E-state index contributed by atoms with van der Waals surface area (Å²) in [6, 6.07) is 19.4. The van der Waals surface area contributed by atoms with E-state index in [0.717, 1.165) is 28.3 Å². The summed E-state index contributed by atoms with van der Waals surface area (Å²) in [6.45, 7) is 5.73. The SMILES string of the molecule is CCCCNC(=O)[C@H](C)N(Cc1ccc(C)cc1)C(=O)CN(c1ccc(OC)c(OC)c1)S(=O)(=O)c1ccccc1. The Labute approximate surface area is 243 Å². The molecule has 10 heteroatoms. The predicted octanol–water partition coefficient (Wildman–Crippen LogP) is 4.54. The number of unbranched alkanes of at least 4 members (excludes halogenated alkanes) is 1. The van der Waals surface area contributed by atoms with Gasteiger partial charge in [0.05, 0.1) is 24.8 Å². The standard InChI is InChI=1S/C31H39N3O6S/c1-6-7-19-32-31(36)24(3)33(21-25-15-13-23(2)14-16-25)30(35)22-34(41(37,38)27-11-9-8-10-12-27)26-17-18-28(39-4)29(20-26)40-5/h8-18,20,24H,6-7,19,21-22H2,1-5H3,(H,32,36)/t24-/m0/s1. The fourth-order valence-corrected chi connectivity index (χ4v) is 5.66. The number of hydrogen-bond acceptors (Lipinski definition) is 6. The average molecular weight is 582 g/mol. The number of hydrogen-bond donors (Lipinski definition) is 1. The van der Waals surface area contributed by atoms with Gasteiger partial charge >= 0.3 is 0 Å². The van der Waals surface area contributed by atoms with E-state index in [9.17, 15) is 18.0 Å². The molecular weight excluding hydrogens is 542 g/mol. The molecule has 3 rings (SSSR count). The first-order chi connectivity index (χ1) is 19.6. The van der Waals surface area contributed by atoms with Crippen molar-refractivity contribution >= 4 is 27.5 Å². The molecule has 0 aliphatic rings.